The summed E-state index contributed by atoms with van der Waals surface area (Å²) in [4.78, 5) is 27.5. The Morgan fingerprint density at radius 2 is 1.62 bits per heavy atom. The van der Waals surface area contributed by atoms with E-state index in [-0.39, 0.29) is 32.4 Å². The molecule has 0 spiro atoms. The van der Waals surface area contributed by atoms with Gasteiger partial charge in [-0.2, -0.15) is 0 Å². The SMILES string of the molecule is O=C1C(=O)N(c2cc(Cl)cc(Cl)c2)C(c2ccccc2F)/C1=C(\O)c1ccc2c(c1)OCCO2. The molecule has 6 nitrogen and oxygen atoms in total. The highest BCUT2D eigenvalue weighted by Crippen LogP contribution is 2.44. The Labute approximate surface area is 203 Å². The van der Waals surface area contributed by atoms with Crippen molar-refractivity contribution in [2.75, 3.05) is 18.1 Å². The Hall–Kier alpha value is -3.55. The van der Waals surface area contributed by atoms with Crippen LogP contribution in [0, 0.1) is 5.82 Å². The van der Waals surface area contributed by atoms with Crippen LogP contribution in [0.5, 0.6) is 11.5 Å². The van der Waals surface area contributed by atoms with Crippen LogP contribution in [0.4, 0.5) is 10.1 Å². The minimum Gasteiger partial charge on any atom is -0.507 e. The van der Waals surface area contributed by atoms with Gasteiger partial charge in [0.2, 0.25) is 0 Å². The number of ketones is 1. The zero-order valence-corrected chi connectivity index (χ0v) is 18.9. The predicted octanol–water partition coefficient (Wildman–Crippen LogP) is 5.53. The number of fused-ring (bicyclic) bond motifs is 1. The van der Waals surface area contributed by atoms with E-state index in [1.807, 2.05) is 0 Å². The molecule has 3 aromatic carbocycles. The Kier molecular flexibility index (Phi) is 5.67. The number of carbonyl (C=O) groups excluding carboxylic acids is 2. The number of carbonyl (C=O) groups is 2. The molecule has 1 unspecified atom stereocenters. The van der Waals surface area contributed by atoms with E-state index in [2.05, 4.69) is 0 Å². The molecule has 0 bridgehead atoms. The maximum Gasteiger partial charge on any atom is 0.300 e. The lowest BCUT2D eigenvalue weighted by molar-refractivity contribution is -0.132. The van der Waals surface area contributed by atoms with Crippen LogP contribution in [0.15, 0.2) is 66.2 Å². The van der Waals surface area contributed by atoms with Crippen LogP contribution in [0.1, 0.15) is 17.2 Å². The molecule has 0 aromatic heterocycles. The fourth-order valence-electron chi connectivity index (χ4n) is 4.11. The molecule has 34 heavy (non-hydrogen) atoms. The predicted molar refractivity (Wildman–Crippen MR) is 125 cm³/mol. The van der Waals surface area contributed by atoms with Gasteiger partial charge in [0.05, 0.1) is 11.6 Å². The lowest BCUT2D eigenvalue weighted by Gasteiger charge is -2.26. The van der Waals surface area contributed by atoms with Gasteiger partial charge in [0.15, 0.2) is 11.5 Å². The second-order valence-corrected chi connectivity index (χ2v) is 8.55. The number of anilines is 1. The van der Waals surface area contributed by atoms with Gasteiger partial charge in [-0.25, -0.2) is 4.39 Å². The highest BCUT2D eigenvalue weighted by Gasteiger charge is 2.48. The molecule has 1 saturated heterocycles. The molecule has 2 heterocycles. The van der Waals surface area contributed by atoms with Crippen molar-refractivity contribution < 1.29 is 28.6 Å². The molecule has 1 N–H and O–H groups in total. The number of ether oxygens (including phenoxy) is 2. The monoisotopic (exact) mass is 499 g/mol. The van der Waals surface area contributed by atoms with Gasteiger partial charge < -0.3 is 14.6 Å². The van der Waals surface area contributed by atoms with Crippen molar-refractivity contribution in [3.8, 4) is 11.5 Å². The third-order valence-electron chi connectivity index (χ3n) is 5.59. The third-order valence-corrected chi connectivity index (χ3v) is 6.02. The van der Waals surface area contributed by atoms with Gasteiger partial charge in [0, 0.05) is 26.9 Å². The lowest BCUT2D eigenvalue weighted by atomic mass is 9.94. The number of halogens is 3. The summed E-state index contributed by atoms with van der Waals surface area (Å²) in [5.41, 5.74) is 0.154. The highest BCUT2D eigenvalue weighted by atomic mass is 35.5. The molecule has 0 saturated carbocycles. The minimum absolute atomic E-state index is 0.0249. The smallest absolute Gasteiger partial charge is 0.300 e. The van der Waals surface area contributed by atoms with E-state index < -0.39 is 29.3 Å². The van der Waals surface area contributed by atoms with Crippen molar-refractivity contribution in [2.24, 2.45) is 0 Å². The van der Waals surface area contributed by atoms with Gasteiger partial charge in [-0.15, -0.1) is 0 Å². The Morgan fingerprint density at radius 1 is 0.941 bits per heavy atom. The largest absolute Gasteiger partial charge is 0.507 e. The highest BCUT2D eigenvalue weighted by molar-refractivity contribution is 6.52. The molecule has 3 aromatic rings. The Morgan fingerprint density at radius 3 is 2.32 bits per heavy atom. The van der Waals surface area contributed by atoms with Crippen LogP contribution in [0.2, 0.25) is 10.0 Å². The second-order valence-electron chi connectivity index (χ2n) is 7.68. The van der Waals surface area contributed by atoms with E-state index in [1.54, 1.807) is 12.1 Å². The van der Waals surface area contributed by atoms with Crippen LogP contribution in [-0.4, -0.2) is 30.0 Å². The molecule has 0 radical (unpaired) electrons. The van der Waals surface area contributed by atoms with E-state index in [9.17, 15) is 19.1 Å². The third kappa shape index (κ3) is 3.77. The van der Waals surface area contributed by atoms with Crippen molar-refractivity contribution in [3.05, 3.63) is 93.2 Å². The van der Waals surface area contributed by atoms with Crippen LogP contribution in [-0.2, 0) is 9.59 Å². The first-order chi connectivity index (χ1) is 16.3. The van der Waals surface area contributed by atoms with E-state index >= 15 is 0 Å². The fraction of sp³-hybridized carbons (Fsp3) is 0.120. The first-order valence-electron chi connectivity index (χ1n) is 10.3. The van der Waals surface area contributed by atoms with Crippen LogP contribution in [0.25, 0.3) is 5.76 Å². The number of rotatable bonds is 3. The van der Waals surface area contributed by atoms with E-state index in [0.29, 0.717) is 24.7 Å². The fourth-order valence-corrected chi connectivity index (χ4v) is 4.63. The number of hydrogen-bond acceptors (Lipinski definition) is 5. The molecule has 2 aliphatic rings. The maximum atomic E-state index is 15.0. The molecule has 9 heteroatoms. The average Bonchev–Trinajstić information content (AvgIpc) is 3.08. The summed E-state index contributed by atoms with van der Waals surface area (Å²) in [6, 6.07) is 13.4. The molecular formula is C25H16Cl2FNO5. The zero-order valence-electron chi connectivity index (χ0n) is 17.4. The summed E-state index contributed by atoms with van der Waals surface area (Å²) < 4.78 is 26.0. The lowest BCUT2D eigenvalue weighted by Crippen LogP contribution is -2.29. The molecule has 172 valence electrons. The summed E-state index contributed by atoms with van der Waals surface area (Å²) >= 11 is 12.3. The first-order valence-corrected chi connectivity index (χ1v) is 11.0. The van der Waals surface area contributed by atoms with Crippen LogP contribution < -0.4 is 14.4 Å². The molecule has 1 fully saturated rings. The van der Waals surface area contributed by atoms with E-state index in [4.69, 9.17) is 32.7 Å². The van der Waals surface area contributed by atoms with Gasteiger partial charge in [-0.3, -0.25) is 14.5 Å². The summed E-state index contributed by atoms with van der Waals surface area (Å²) in [5.74, 6) is -2.18. The van der Waals surface area contributed by atoms with Gasteiger partial charge in [-0.1, -0.05) is 41.4 Å². The summed E-state index contributed by atoms with van der Waals surface area (Å²) in [6.07, 6.45) is 0. The van der Waals surface area contributed by atoms with Gasteiger partial charge in [-0.05, 0) is 42.5 Å². The minimum atomic E-state index is -1.26. The average molecular weight is 500 g/mol. The zero-order chi connectivity index (χ0) is 24.0. The molecule has 1 atom stereocenters. The van der Waals surface area contributed by atoms with Gasteiger partial charge in [0.1, 0.15) is 24.8 Å². The van der Waals surface area contributed by atoms with E-state index in [0.717, 1.165) is 4.90 Å². The number of benzene rings is 3. The molecular weight excluding hydrogens is 484 g/mol. The van der Waals surface area contributed by atoms with Crippen molar-refractivity contribution >= 4 is 46.3 Å². The number of aliphatic hydroxyl groups is 1. The van der Waals surface area contributed by atoms with Crippen LogP contribution >= 0.6 is 23.2 Å². The molecule has 1 amide bonds. The Bertz CT molecular complexity index is 1350. The number of aliphatic hydroxyl groups excluding tert-OH is 1. The quantitative estimate of drug-likeness (QED) is 0.291. The standard InChI is InChI=1S/C25H16Cl2FNO5/c26-14-10-15(27)12-16(11-14)29-22(17-3-1-2-4-18(17)28)21(24(31)25(29)32)23(30)13-5-6-19-20(9-13)34-8-7-33-19/h1-6,9-12,22,30H,7-8H2/b23-21+. The Balaban J connectivity index is 1.73. The van der Waals surface area contributed by atoms with Gasteiger partial charge >= 0.3 is 0 Å². The first kappa shape index (κ1) is 22.3. The molecule has 0 aliphatic carbocycles. The number of nitrogens with zero attached hydrogens (tertiary/aromatic N) is 1. The summed E-state index contributed by atoms with van der Waals surface area (Å²) in [6.45, 7) is 0.714. The van der Waals surface area contributed by atoms with Crippen molar-refractivity contribution in [2.45, 2.75) is 6.04 Å². The number of Topliss-reactive ketones (excluding diaryl/α,β-unsaturated/α-hetero) is 1. The van der Waals surface area contributed by atoms with Crippen molar-refractivity contribution in [3.63, 3.8) is 0 Å². The van der Waals surface area contributed by atoms with Crippen LogP contribution in [0.3, 0.4) is 0 Å². The molecule has 2 aliphatic heterocycles. The molecule has 5 rings (SSSR count). The number of amides is 1. The normalized spacial score (nSPS) is 18.9. The maximum absolute atomic E-state index is 15.0. The summed E-state index contributed by atoms with van der Waals surface area (Å²) in [5, 5.41) is 11.7. The van der Waals surface area contributed by atoms with Crippen molar-refractivity contribution in [1.29, 1.82) is 0 Å². The van der Waals surface area contributed by atoms with E-state index in [1.165, 1.54) is 48.5 Å². The van der Waals surface area contributed by atoms with Gasteiger partial charge in [0.25, 0.3) is 11.7 Å². The van der Waals surface area contributed by atoms with Crippen molar-refractivity contribution in [1.82, 2.24) is 0 Å². The topological polar surface area (TPSA) is 76.1 Å². The second kappa shape index (κ2) is 8.66. The summed E-state index contributed by atoms with van der Waals surface area (Å²) in [7, 11) is 0. The number of hydrogen-bond donors (Lipinski definition) is 1.